The molecule has 0 radical (unpaired) electrons. The minimum atomic E-state index is -3.58. The van der Waals surface area contributed by atoms with Gasteiger partial charge in [-0.25, -0.2) is 8.42 Å². The lowest BCUT2D eigenvalue weighted by atomic mass is 10.4. The van der Waals surface area contributed by atoms with Crippen molar-refractivity contribution >= 4 is 27.4 Å². The number of nitrogens with one attached hydrogen (secondary N) is 1. The molecule has 14 heavy (non-hydrogen) atoms. The van der Waals surface area contributed by atoms with Gasteiger partial charge in [-0.2, -0.15) is 0 Å². The Balaban J connectivity index is 0.00000169. The average molecular weight is 234 g/mol. The Morgan fingerprint density at radius 1 is 1.29 bits per heavy atom. The molecule has 0 aromatic heterocycles. The normalized spacial score (nSPS) is 10.0. The van der Waals surface area contributed by atoms with Crippen LogP contribution in [0, 0.1) is 0 Å². The van der Waals surface area contributed by atoms with Crippen LogP contribution in [0.4, 0.5) is 0 Å². The fourth-order valence-electron chi connectivity index (χ4n) is 0.791. The van der Waals surface area contributed by atoms with Crippen LogP contribution >= 0.6 is 12.2 Å². The van der Waals surface area contributed by atoms with Gasteiger partial charge in [0.15, 0.2) is 5.11 Å². The van der Waals surface area contributed by atoms with E-state index in [1.807, 2.05) is 4.72 Å². The topological polar surface area (TPSA) is 104 Å². The molecule has 1 aromatic carbocycles. The van der Waals surface area contributed by atoms with Crippen LogP contribution in [0.5, 0.6) is 0 Å². The zero-order chi connectivity index (χ0) is 9.90. The molecule has 5 N–H and O–H groups in total. The third-order valence-corrected chi connectivity index (χ3v) is 2.90. The highest BCUT2D eigenvalue weighted by atomic mass is 32.2. The Morgan fingerprint density at radius 2 is 1.79 bits per heavy atom. The Bertz CT molecular complexity index is 402. The number of hydrogen-bond donors (Lipinski definition) is 2. The first-order chi connectivity index (χ1) is 6.02. The highest BCUT2D eigenvalue weighted by molar-refractivity contribution is 7.91. The van der Waals surface area contributed by atoms with Gasteiger partial charge in [0.05, 0.1) is 4.90 Å². The van der Waals surface area contributed by atoms with E-state index < -0.39 is 10.0 Å². The highest BCUT2D eigenvalue weighted by Crippen LogP contribution is 2.06. The first-order valence-electron chi connectivity index (χ1n) is 3.40. The average Bonchev–Trinajstić information content (AvgIpc) is 2.04. The number of rotatable bonds is 2. The van der Waals surface area contributed by atoms with E-state index in [0.29, 0.717) is 0 Å². The van der Waals surface area contributed by atoms with Crippen molar-refractivity contribution in [3.05, 3.63) is 30.3 Å². The Morgan fingerprint density at radius 3 is 2.21 bits per heavy atom. The summed E-state index contributed by atoms with van der Waals surface area (Å²) in [6.07, 6.45) is 0. The Kier molecular flexibility index (Phi) is 4.48. The second-order valence-corrected chi connectivity index (χ2v) is 4.41. The van der Waals surface area contributed by atoms with Gasteiger partial charge in [0, 0.05) is 0 Å². The van der Waals surface area contributed by atoms with Crippen molar-refractivity contribution in [3.8, 4) is 0 Å². The van der Waals surface area contributed by atoms with Crippen LogP contribution in [0.25, 0.3) is 0 Å². The molecular weight excluding hydrogens is 224 g/mol. The third kappa shape index (κ3) is 3.29. The van der Waals surface area contributed by atoms with E-state index in [2.05, 4.69) is 12.2 Å². The summed E-state index contributed by atoms with van der Waals surface area (Å²) in [7, 11) is -3.58. The number of hydrogen-bond acceptors (Lipinski definition) is 3. The lowest BCUT2D eigenvalue weighted by Gasteiger charge is -2.04. The largest absolute Gasteiger partial charge is 0.412 e. The standard InChI is InChI=1S/C7H8N2O2S2.H2O/c8-7(12)9-13(10,11)6-4-2-1-3-5-6;/h1-5H,(H3,8,9,12);1H2. The molecule has 0 spiro atoms. The van der Waals surface area contributed by atoms with Crippen molar-refractivity contribution < 1.29 is 13.9 Å². The molecule has 78 valence electrons. The van der Waals surface area contributed by atoms with E-state index in [-0.39, 0.29) is 15.5 Å². The molecule has 0 aliphatic rings. The van der Waals surface area contributed by atoms with Gasteiger partial charge in [-0.1, -0.05) is 18.2 Å². The van der Waals surface area contributed by atoms with Crippen LogP contribution < -0.4 is 10.5 Å². The molecule has 1 rings (SSSR count). The van der Waals surface area contributed by atoms with Crippen molar-refractivity contribution in [1.29, 1.82) is 0 Å². The van der Waals surface area contributed by atoms with Crippen molar-refractivity contribution in [2.45, 2.75) is 4.90 Å². The fraction of sp³-hybridized carbons (Fsp3) is 0. The Labute approximate surface area is 87.3 Å². The number of thiocarbonyl (C=S) groups is 1. The van der Waals surface area contributed by atoms with Crippen LogP contribution in [-0.2, 0) is 10.0 Å². The lowest BCUT2D eigenvalue weighted by Crippen LogP contribution is -2.34. The maximum atomic E-state index is 11.4. The molecule has 0 atom stereocenters. The van der Waals surface area contributed by atoms with Crippen LogP contribution in [0.3, 0.4) is 0 Å². The number of benzene rings is 1. The molecule has 0 bridgehead atoms. The Hall–Kier alpha value is -1.18. The fourth-order valence-corrected chi connectivity index (χ4v) is 2.02. The molecule has 0 unspecified atom stereocenters. The molecule has 0 heterocycles. The van der Waals surface area contributed by atoms with Gasteiger partial charge in [0.2, 0.25) is 0 Å². The summed E-state index contributed by atoms with van der Waals surface area (Å²) in [5.41, 5.74) is 5.06. The zero-order valence-electron chi connectivity index (χ0n) is 7.10. The molecule has 5 nitrogen and oxygen atoms in total. The lowest BCUT2D eigenvalue weighted by molar-refractivity contribution is 0.592. The van der Waals surface area contributed by atoms with Crippen LogP contribution in [0.2, 0.25) is 0 Å². The predicted molar refractivity (Wildman–Crippen MR) is 57.2 cm³/mol. The predicted octanol–water partition coefficient (Wildman–Crippen LogP) is -0.616. The number of sulfonamides is 1. The van der Waals surface area contributed by atoms with E-state index in [1.54, 1.807) is 18.2 Å². The van der Waals surface area contributed by atoms with Gasteiger partial charge in [0.25, 0.3) is 10.0 Å². The SMILES string of the molecule is NC(=S)NS(=O)(=O)c1ccccc1.O. The molecule has 0 amide bonds. The molecular formula is C7H10N2O3S2. The summed E-state index contributed by atoms with van der Waals surface area (Å²) >= 11 is 4.43. The molecule has 7 heteroatoms. The van der Waals surface area contributed by atoms with E-state index in [9.17, 15) is 8.42 Å². The van der Waals surface area contributed by atoms with Crippen molar-refractivity contribution in [1.82, 2.24) is 4.72 Å². The van der Waals surface area contributed by atoms with Gasteiger partial charge < -0.3 is 11.2 Å². The summed E-state index contributed by atoms with van der Waals surface area (Å²) < 4.78 is 24.7. The molecule has 0 saturated carbocycles. The molecule has 1 aromatic rings. The second kappa shape index (κ2) is 4.89. The van der Waals surface area contributed by atoms with Gasteiger partial charge in [0.1, 0.15) is 0 Å². The summed E-state index contributed by atoms with van der Waals surface area (Å²) in [5.74, 6) is 0. The summed E-state index contributed by atoms with van der Waals surface area (Å²) in [5, 5.41) is -0.260. The molecule has 0 fully saturated rings. The summed E-state index contributed by atoms with van der Waals surface area (Å²) in [4.78, 5) is 0.141. The van der Waals surface area contributed by atoms with Gasteiger partial charge in [-0.05, 0) is 24.4 Å². The van der Waals surface area contributed by atoms with Gasteiger partial charge >= 0.3 is 0 Å². The molecule has 0 aliphatic carbocycles. The smallest absolute Gasteiger partial charge is 0.263 e. The highest BCUT2D eigenvalue weighted by Gasteiger charge is 2.12. The van der Waals surface area contributed by atoms with E-state index in [0.717, 1.165) is 0 Å². The second-order valence-electron chi connectivity index (χ2n) is 2.28. The van der Waals surface area contributed by atoms with Crippen molar-refractivity contribution in [2.75, 3.05) is 0 Å². The minimum Gasteiger partial charge on any atom is -0.412 e. The van der Waals surface area contributed by atoms with Crippen molar-refractivity contribution in [2.24, 2.45) is 5.73 Å². The summed E-state index contributed by atoms with van der Waals surface area (Å²) in [6.45, 7) is 0. The van der Waals surface area contributed by atoms with E-state index in [1.165, 1.54) is 12.1 Å². The zero-order valence-corrected chi connectivity index (χ0v) is 8.73. The van der Waals surface area contributed by atoms with E-state index >= 15 is 0 Å². The number of nitrogens with two attached hydrogens (primary N) is 1. The first kappa shape index (κ1) is 12.8. The monoisotopic (exact) mass is 234 g/mol. The quantitative estimate of drug-likeness (QED) is 0.666. The molecule has 0 aliphatic heterocycles. The van der Waals surface area contributed by atoms with Crippen LogP contribution in [0.15, 0.2) is 35.2 Å². The first-order valence-corrected chi connectivity index (χ1v) is 5.29. The maximum absolute atomic E-state index is 11.4. The van der Waals surface area contributed by atoms with E-state index in [4.69, 9.17) is 5.73 Å². The van der Waals surface area contributed by atoms with Gasteiger partial charge in [-0.3, -0.25) is 4.72 Å². The van der Waals surface area contributed by atoms with Crippen LogP contribution in [-0.4, -0.2) is 19.0 Å². The third-order valence-electron chi connectivity index (χ3n) is 1.29. The molecule has 0 saturated heterocycles. The summed E-state index contributed by atoms with van der Waals surface area (Å²) in [6, 6.07) is 7.88. The van der Waals surface area contributed by atoms with Crippen LogP contribution in [0.1, 0.15) is 0 Å². The minimum absolute atomic E-state index is 0. The maximum Gasteiger partial charge on any atom is 0.263 e. The van der Waals surface area contributed by atoms with Crippen molar-refractivity contribution in [3.63, 3.8) is 0 Å². The van der Waals surface area contributed by atoms with Gasteiger partial charge in [-0.15, -0.1) is 0 Å².